The van der Waals surface area contributed by atoms with Gasteiger partial charge in [-0.1, -0.05) is 17.2 Å². The van der Waals surface area contributed by atoms with Crippen molar-refractivity contribution in [1.82, 2.24) is 20.1 Å². The number of nitrogens with one attached hydrogen (secondary N) is 1. The molecule has 0 saturated heterocycles. The Morgan fingerprint density at radius 1 is 1.26 bits per heavy atom. The van der Waals surface area contributed by atoms with Crippen LogP contribution in [-0.4, -0.2) is 27.2 Å². The van der Waals surface area contributed by atoms with E-state index in [0.717, 1.165) is 22.0 Å². The molecule has 1 aromatic carbocycles. The van der Waals surface area contributed by atoms with Crippen molar-refractivity contribution >= 4 is 17.2 Å². The van der Waals surface area contributed by atoms with Crippen LogP contribution in [-0.2, 0) is 6.42 Å². The second kappa shape index (κ2) is 6.75. The molecule has 0 atom stereocenters. The molecule has 0 bridgehead atoms. The zero-order valence-electron chi connectivity index (χ0n) is 13.1. The molecule has 5 nitrogen and oxygen atoms in total. The summed E-state index contributed by atoms with van der Waals surface area (Å²) in [6.07, 6.45) is 4.30. The first kappa shape index (κ1) is 15.4. The normalized spacial score (nSPS) is 10.7. The van der Waals surface area contributed by atoms with E-state index in [4.69, 9.17) is 0 Å². The van der Waals surface area contributed by atoms with Crippen LogP contribution >= 0.6 is 11.3 Å². The van der Waals surface area contributed by atoms with E-state index in [1.165, 1.54) is 0 Å². The monoisotopic (exact) mass is 326 g/mol. The lowest BCUT2D eigenvalue weighted by atomic mass is 10.1. The smallest absolute Gasteiger partial charge is 0.251 e. The molecule has 6 heteroatoms. The third kappa shape index (κ3) is 3.84. The van der Waals surface area contributed by atoms with Gasteiger partial charge in [-0.3, -0.25) is 4.79 Å². The van der Waals surface area contributed by atoms with Gasteiger partial charge in [0, 0.05) is 36.3 Å². The van der Waals surface area contributed by atoms with Crippen LogP contribution in [0.5, 0.6) is 0 Å². The zero-order chi connectivity index (χ0) is 16.2. The van der Waals surface area contributed by atoms with Crippen molar-refractivity contribution in [2.24, 2.45) is 0 Å². The maximum absolute atomic E-state index is 12.2. The first-order valence-electron chi connectivity index (χ1n) is 7.43. The topological polar surface area (TPSA) is 59.8 Å². The highest BCUT2D eigenvalue weighted by Crippen LogP contribution is 2.14. The number of benzene rings is 1. The molecular formula is C17H18N4OS. The lowest BCUT2D eigenvalue weighted by Gasteiger charge is -2.06. The number of carbonyl (C=O) groups excluding carboxylic acids is 1. The number of thiazole rings is 1. The molecule has 1 amide bonds. The SMILES string of the molecule is Cc1cc(C)cc(C(=O)NCCc2csc(-n3cccn3)n2)c1. The van der Waals surface area contributed by atoms with Gasteiger partial charge in [0.25, 0.3) is 5.91 Å². The fourth-order valence-corrected chi connectivity index (χ4v) is 3.21. The van der Waals surface area contributed by atoms with Gasteiger partial charge < -0.3 is 5.32 Å². The maximum Gasteiger partial charge on any atom is 0.251 e. The molecule has 0 aliphatic rings. The van der Waals surface area contributed by atoms with E-state index in [1.54, 1.807) is 22.2 Å². The van der Waals surface area contributed by atoms with E-state index in [9.17, 15) is 4.79 Å². The molecule has 0 fully saturated rings. The highest BCUT2D eigenvalue weighted by Gasteiger charge is 2.08. The minimum Gasteiger partial charge on any atom is -0.352 e. The molecule has 0 radical (unpaired) electrons. The Labute approximate surface area is 139 Å². The van der Waals surface area contributed by atoms with Crippen LogP contribution in [0.4, 0.5) is 0 Å². The fraction of sp³-hybridized carbons (Fsp3) is 0.235. The van der Waals surface area contributed by atoms with E-state index in [-0.39, 0.29) is 5.91 Å². The van der Waals surface area contributed by atoms with Gasteiger partial charge >= 0.3 is 0 Å². The lowest BCUT2D eigenvalue weighted by Crippen LogP contribution is -2.25. The number of nitrogens with zero attached hydrogens (tertiary/aromatic N) is 3. The van der Waals surface area contributed by atoms with Gasteiger partial charge in [0.1, 0.15) is 0 Å². The van der Waals surface area contributed by atoms with E-state index in [2.05, 4.69) is 21.5 Å². The van der Waals surface area contributed by atoms with Crippen molar-refractivity contribution in [2.45, 2.75) is 20.3 Å². The summed E-state index contributed by atoms with van der Waals surface area (Å²) >= 11 is 1.54. The molecule has 2 heterocycles. The number of rotatable bonds is 5. The molecule has 118 valence electrons. The van der Waals surface area contributed by atoms with Crippen LogP contribution in [0.15, 0.2) is 42.0 Å². The minimum atomic E-state index is -0.0423. The van der Waals surface area contributed by atoms with Crippen LogP contribution in [0.2, 0.25) is 0 Å². The Bertz CT molecular complexity index is 788. The summed E-state index contributed by atoms with van der Waals surface area (Å²) in [6.45, 7) is 4.56. The second-order valence-electron chi connectivity index (χ2n) is 5.45. The van der Waals surface area contributed by atoms with Crippen molar-refractivity contribution in [1.29, 1.82) is 0 Å². The van der Waals surface area contributed by atoms with Crippen molar-refractivity contribution in [3.8, 4) is 5.13 Å². The Hall–Kier alpha value is -2.47. The summed E-state index contributed by atoms with van der Waals surface area (Å²) in [5.74, 6) is -0.0423. The Balaban J connectivity index is 1.56. The van der Waals surface area contributed by atoms with Crippen LogP contribution in [0.3, 0.4) is 0 Å². The summed E-state index contributed by atoms with van der Waals surface area (Å²) in [6, 6.07) is 7.73. The van der Waals surface area contributed by atoms with Crippen LogP contribution in [0, 0.1) is 13.8 Å². The van der Waals surface area contributed by atoms with Crippen molar-refractivity contribution in [3.05, 3.63) is 64.4 Å². The lowest BCUT2D eigenvalue weighted by molar-refractivity contribution is 0.0954. The number of amides is 1. The Morgan fingerprint density at radius 2 is 2.04 bits per heavy atom. The number of hydrogen-bond donors (Lipinski definition) is 1. The zero-order valence-corrected chi connectivity index (χ0v) is 13.9. The predicted octanol–water partition coefficient (Wildman–Crippen LogP) is 2.92. The van der Waals surface area contributed by atoms with Crippen LogP contribution in [0.25, 0.3) is 5.13 Å². The summed E-state index contributed by atoms with van der Waals surface area (Å²) < 4.78 is 1.74. The van der Waals surface area contributed by atoms with E-state index >= 15 is 0 Å². The molecule has 2 aromatic heterocycles. The van der Waals surface area contributed by atoms with E-state index in [1.807, 2.05) is 43.6 Å². The minimum absolute atomic E-state index is 0.0423. The fourth-order valence-electron chi connectivity index (χ4n) is 2.41. The van der Waals surface area contributed by atoms with Crippen LogP contribution < -0.4 is 5.32 Å². The van der Waals surface area contributed by atoms with Crippen molar-refractivity contribution in [3.63, 3.8) is 0 Å². The standard InChI is InChI=1S/C17H18N4OS/c1-12-8-13(2)10-14(9-12)16(22)18-6-4-15-11-23-17(20-15)21-7-3-5-19-21/h3,5,7-11H,4,6H2,1-2H3,(H,18,22). The molecule has 0 saturated carbocycles. The third-order valence-electron chi connectivity index (χ3n) is 3.39. The average Bonchev–Trinajstić information content (AvgIpc) is 3.17. The van der Waals surface area contributed by atoms with Gasteiger partial charge in [-0.05, 0) is 32.0 Å². The molecule has 3 rings (SSSR count). The van der Waals surface area contributed by atoms with Gasteiger partial charge in [-0.15, -0.1) is 11.3 Å². The predicted molar refractivity (Wildman–Crippen MR) is 91.2 cm³/mol. The number of aryl methyl sites for hydroxylation is 2. The summed E-state index contributed by atoms with van der Waals surface area (Å²) in [5.41, 5.74) is 3.86. The first-order chi connectivity index (χ1) is 11.1. The van der Waals surface area contributed by atoms with E-state index < -0.39 is 0 Å². The molecule has 3 aromatic rings. The van der Waals surface area contributed by atoms with E-state index in [0.29, 0.717) is 18.5 Å². The Morgan fingerprint density at radius 3 is 2.74 bits per heavy atom. The van der Waals surface area contributed by atoms with Crippen molar-refractivity contribution in [2.75, 3.05) is 6.54 Å². The average molecular weight is 326 g/mol. The molecule has 0 unspecified atom stereocenters. The van der Waals surface area contributed by atoms with Gasteiger partial charge in [-0.25, -0.2) is 9.67 Å². The quantitative estimate of drug-likeness (QED) is 0.784. The van der Waals surface area contributed by atoms with Gasteiger partial charge in [-0.2, -0.15) is 5.10 Å². The number of aromatic nitrogens is 3. The number of hydrogen-bond acceptors (Lipinski definition) is 4. The third-order valence-corrected chi connectivity index (χ3v) is 4.27. The second-order valence-corrected chi connectivity index (χ2v) is 6.29. The first-order valence-corrected chi connectivity index (χ1v) is 8.31. The summed E-state index contributed by atoms with van der Waals surface area (Å²) in [5, 5.41) is 9.95. The molecular weight excluding hydrogens is 308 g/mol. The molecule has 0 spiro atoms. The highest BCUT2D eigenvalue weighted by molar-refractivity contribution is 7.12. The summed E-state index contributed by atoms with van der Waals surface area (Å²) in [4.78, 5) is 16.7. The van der Waals surface area contributed by atoms with Gasteiger partial charge in [0.2, 0.25) is 5.13 Å². The Kier molecular flexibility index (Phi) is 4.52. The van der Waals surface area contributed by atoms with Crippen molar-refractivity contribution < 1.29 is 4.79 Å². The molecule has 1 N–H and O–H groups in total. The largest absolute Gasteiger partial charge is 0.352 e. The number of carbonyl (C=O) groups is 1. The van der Waals surface area contributed by atoms with Crippen LogP contribution in [0.1, 0.15) is 27.2 Å². The molecule has 0 aliphatic carbocycles. The molecule has 0 aliphatic heterocycles. The maximum atomic E-state index is 12.2. The van der Waals surface area contributed by atoms with Gasteiger partial charge in [0.15, 0.2) is 0 Å². The highest BCUT2D eigenvalue weighted by atomic mass is 32.1. The molecule has 23 heavy (non-hydrogen) atoms. The summed E-state index contributed by atoms with van der Waals surface area (Å²) in [7, 11) is 0. The van der Waals surface area contributed by atoms with Gasteiger partial charge in [0.05, 0.1) is 5.69 Å².